The summed E-state index contributed by atoms with van der Waals surface area (Å²) in [5.41, 5.74) is 6.01. The number of nitrogens with two attached hydrogens (primary N) is 1. The van der Waals surface area contributed by atoms with E-state index in [2.05, 4.69) is 10.2 Å². The Labute approximate surface area is 122 Å². The fourth-order valence-electron chi connectivity index (χ4n) is 2.04. The Hall–Kier alpha value is -3.56. The first kappa shape index (κ1) is 13.4. The molecule has 0 aliphatic carbocycles. The van der Waals surface area contributed by atoms with Gasteiger partial charge in [-0.15, -0.1) is 10.2 Å². The number of fused-ring (bicyclic) bond motifs is 1. The van der Waals surface area contributed by atoms with Crippen LogP contribution in [0.15, 0.2) is 36.5 Å². The van der Waals surface area contributed by atoms with Crippen molar-refractivity contribution in [2.24, 2.45) is 0 Å². The van der Waals surface area contributed by atoms with Crippen LogP contribution in [0.2, 0.25) is 0 Å². The normalized spacial score (nSPS) is 10.7. The molecule has 0 saturated heterocycles. The van der Waals surface area contributed by atoms with E-state index in [0.717, 1.165) is 6.07 Å². The Morgan fingerprint density at radius 3 is 2.23 bits per heavy atom. The molecule has 22 heavy (non-hydrogen) atoms. The Morgan fingerprint density at radius 1 is 1.00 bits per heavy atom. The van der Waals surface area contributed by atoms with Gasteiger partial charge >= 0.3 is 0 Å². The van der Waals surface area contributed by atoms with E-state index in [0.29, 0.717) is 11.3 Å². The molecule has 0 unspecified atom stereocenters. The van der Waals surface area contributed by atoms with Crippen LogP contribution in [0.1, 0.15) is 0 Å². The van der Waals surface area contributed by atoms with Crippen LogP contribution in [-0.2, 0) is 0 Å². The molecule has 0 saturated carbocycles. The zero-order chi connectivity index (χ0) is 15.9. The van der Waals surface area contributed by atoms with Gasteiger partial charge in [0.25, 0.3) is 11.4 Å². The van der Waals surface area contributed by atoms with E-state index in [1.165, 1.54) is 22.7 Å². The lowest BCUT2D eigenvalue weighted by Gasteiger charge is -2.02. The molecule has 110 valence electrons. The number of anilines is 1. The Bertz CT molecular complexity index is 887. The molecule has 2 N–H and O–H groups in total. The third-order valence-corrected chi connectivity index (χ3v) is 3.01. The number of aromatic nitrogens is 3. The lowest BCUT2D eigenvalue weighted by molar-refractivity contribution is -0.394. The van der Waals surface area contributed by atoms with E-state index in [-0.39, 0.29) is 11.4 Å². The van der Waals surface area contributed by atoms with Crippen molar-refractivity contribution in [2.75, 3.05) is 5.73 Å². The zero-order valence-electron chi connectivity index (χ0n) is 10.9. The van der Waals surface area contributed by atoms with E-state index < -0.39 is 21.2 Å². The van der Waals surface area contributed by atoms with Gasteiger partial charge in [-0.3, -0.25) is 24.6 Å². The van der Waals surface area contributed by atoms with Gasteiger partial charge in [-0.1, -0.05) is 0 Å². The van der Waals surface area contributed by atoms with Gasteiger partial charge in [-0.05, 0) is 12.1 Å². The molecule has 10 heteroatoms. The quantitative estimate of drug-likeness (QED) is 0.573. The van der Waals surface area contributed by atoms with E-state index >= 15 is 0 Å². The highest BCUT2D eigenvalue weighted by Gasteiger charge is 2.19. The standard InChI is InChI=1S/C12H8N6O4/c13-8-1-2-11-14-15-12(16(11)6-8)7-3-9(17(19)20)5-10(4-7)18(21)22/h1-6H,13H2. The van der Waals surface area contributed by atoms with Gasteiger partial charge < -0.3 is 5.73 Å². The molecule has 0 aliphatic heterocycles. The van der Waals surface area contributed by atoms with E-state index in [1.807, 2.05) is 0 Å². The van der Waals surface area contributed by atoms with Crippen molar-refractivity contribution in [1.82, 2.24) is 14.6 Å². The van der Waals surface area contributed by atoms with Crippen molar-refractivity contribution >= 4 is 22.7 Å². The van der Waals surface area contributed by atoms with Crippen LogP contribution in [0.4, 0.5) is 17.1 Å². The molecule has 0 amide bonds. The maximum Gasteiger partial charge on any atom is 0.277 e. The SMILES string of the molecule is Nc1ccc2nnc(-c3cc([N+](=O)[O-])cc([N+](=O)[O-])c3)n2c1. The van der Waals surface area contributed by atoms with Crippen molar-refractivity contribution in [1.29, 1.82) is 0 Å². The van der Waals surface area contributed by atoms with Crippen LogP contribution in [0.3, 0.4) is 0 Å². The second kappa shape index (κ2) is 4.77. The summed E-state index contributed by atoms with van der Waals surface area (Å²) < 4.78 is 1.51. The number of nitro groups is 2. The molecule has 0 aliphatic rings. The van der Waals surface area contributed by atoms with Gasteiger partial charge in [0.2, 0.25) is 0 Å². The summed E-state index contributed by atoms with van der Waals surface area (Å²) in [4.78, 5) is 20.5. The number of nitrogen functional groups attached to an aromatic ring is 1. The number of non-ortho nitro benzene ring substituents is 2. The van der Waals surface area contributed by atoms with Crippen molar-refractivity contribution in [3.8, 4) is 11.4 Å². The third kappa shape index (κ3) is 2.18. The highest BCUT2D eigenvalue weighted by atomic mass is 16.6. The minimum atomic E-state index is -0.700. The maximum atomic E-state index is 10.9. The summed E-state index contributed by atoms with van der Waals surface area (Å²) in [5, 5.41) is 29.7. The summed E-state index contributed by atoms with van der Waals surface area (Å²) in [6, 6.07) is 6.54. The summed E-state index contributed by atoms with van der Waals surface area (Å²) in [5.74, 6) is 0.231. The van der Waals surface area contributed by atoms with Crippen LogP contribution in [0, 0.1) is 20.2 Å². The maximum absolute atomic E-state index is 10.9. The molecule has 0 radical (unpaired) electrons. The van der Waals surface area contributed by atoms with Crippen LogP contribution < -0.4 is 5.73 Å². The van der Waals surface area contributed by atoms with E-state index in [9.17, 15) is 20.2 Å². The van der Waals surface area contributed by atoms with Gasteiger partial charge in [0.15, 0.2) is 11.5 Å². The lowest BCUT2D eigenvalue weighted by Crippen LogP contribution is -1.96. The highest BCUT2D eigenvalue weighted by molar-refractivity contribution is 5.67. The molecule has 3 aromatic rings. The first-order chi connectivity index (χ1) is 10.5. The number of nitrogens with zero attached hydrogens (tertiary/aromatic N) is 5. The second-order valence-corrected chi connectivity index (χ2v) is 4.47. The topological polar surface area (TPSA) is 142 Å². The first-order valence-electron chi connectivity index (χ1n) is 6.00. The van der Waals surface area contributed by atoms with Crippen molar-refractivity contribution < 1.29 is 9.85 Å². The van der Waals surface area contributed by atoms with E-state index in [4.69, 9.17) is 5.73 Å². The minimum absolute atomic E-state index is 0.207. The summed E-state index contributed by atoms with van der Waals surface area (Å²) in [6.07, 6.45) is 1.54. The molecule has 3 rings (SSSR count). The molecule has 10 nitrogen and oxygen atoms in total. The van der Waals surface area contributed by atoms with Gasteiger partial charge in [-0.2, -0.15) is 0 Å². The number of hydrogen-bond acceptors (Lipinski definition) is 7. The monoisotopic (exact) mass is 300 g/mol. The summed E-state index contributed by atoms with van der Waals surface area (Å²) in [6.45, 7) is 0. The average molecular weight is 300 g/mol. The molecular formula is C12H8N6O4. The first-order valence-corrected chi connectivity index (χ1v) is 6.00. The number of nitro benzene ring substituents is 2. The Morgan fingerprint density at radius 2 is 1.64 bits per heavy atom. The molecular weight excluding hydrogens is 292 g/mol. The molecule has 0 bridgehead atoms. The predicted octanol–water partition coefficient (Wildman–Crippen LogP) is 1.79. The summed E-state index contributed by atoms with van der Waals surface area (Å²) in [7, 11) is 0. The van der Waals surface area contributed by atoms with Gasteiger partial charge in [-0.25, -0.2) is 0 Å². The second-order valence-electron chi connectivity index (χ2n) is 4.47. The van der Waals surface area contributed by atoms with Crippen LogP contribution in [0.5, 0.6) is 0 Å². The van der Waals surface area contributed by atoms with Crippen LogP contribution >= 0.6 is 0 Å². The number of benzene rings is 1. The fourth-order valence-corrected chi connectivity index (χ4v) is 2.04. The fraction of sp³-hybridized carbons (Fsp3) is 0. The molecule has 0 spiro atoms. The van der Waals surface area contributed by atoms with E-state index in [1.54, 1.807) is 12.1 Å². The average Bonchev–Trinajstić information content (AvgIpc) is 2.89. The minimum Gasteiger partial charge on any atom is -0.398 e. The van der Waals surface area contributed by atoms with Gasteiger partial charge in [0.1, 0.15) is 0 Å². The molecule has 0 fully saturated rings. The predicted molar refractivity (Wildman–Crippen MR) is 76.1 cm³/mol. The van der Waals surface area contributed by atoms with Gasteiger partial charge in [0.05, 0.1) is 15.9 Å². The number of hydrogen-bond donors (Lipinski definition) is 1. The molecule has 1 aromatic carbocycles. The highest BCUT2D eigenvalue weighted by Crippen LogP contribution is 2.29. The third-order valence-electron chi connectivity index (χ3n) is 3.01. The van der Waals surface area contributed by atoms with Crippen molar-refractivity contribution in [3.63, 3.8) is 0 Å². The lowest BCUT2D eigenvalue weighted by atomic mass is 10.1. The zero-order valence-corrected chi connectivity index (χ0v) is 10.9. The number of rotatable bonds is 3. The molecule has 0 atom stereocenters. The van der Waals surface area contributed by atoms with Gasteiger partial charge in [0, 0.05) is 29.6 Å². The van der Waals surface area contributed by atoms with Crippen molar-refractivity contribution in [3.05, 3.63) is 56.8 Å². The number of pyridine rings is 1. The molecule has 2 aromatic heterocycles. The Kier molecular flexibility index (Phi) is 2.91. The summed E-state index contributed by atoms with van der Waals surface area (Å²) >= 11 is 0. The van der Waals surface area contributed by atoms with Crippen LogP contribution in [0.25, 0.3) is 17.0 Å². The Balaban J connectivity index is 2.27. The smallest absolute Gasteiger partial charge is 0.277 e. The molecule has 2 heterocycles. The van der Waals surface area contributed by atoms with Crippen molar-refractivity contribution in [2.45, 2.75) is 0 Å². The van der Waals surface area contributed by atoms with Crippen LogP contribution in [-0.4, -0.2) is 24.4 Å². The largest absolute Gasteiger partial charge is 0.398 e.